The van der Waals surface area contributed by atoms with Crippen molar-refractivity contribution < 1.29 is 33.4 Å². The Labute approximate surface area is 277 Å². The number of amides is 3. The molecule has 0 aliphatic carbocycles. The summed E-state index contributed by atoms with van der Waals surface area (Å²) in [6.07, 6.45) is -1.16. The molecule has 4 aromatic carbocycles. The molecule has 5 aromatic rings. The van der Waals surface area contributed by atoms with Crippen molar-refractivity contribution in [3.05, 3.63) is 119 Å². The number of aliphatic imine (C=N–C) groups is 1. The number of anilines is 2. The van der Waals surface area contributed by atoms with Crippen LogP contribution in [0.25, 0.3) is 11.4 Å². The Morgan fingerprint density at radius 1 is 1.04 bits per heavy atom. The molecule has 0 bridgehead atoms. The Morgan fingerprint density at radius 2 is 1.80 bits per heavy atom. The number of halogens is 1. The number of carbonyl (C=O) groups is 4. The van der Waals surface area contributed by atoms with Gasteiger partial charge in [0.15, 0.2) is 6.61 Å². The van der Waals surface area contributed by atoms with Crippen molar-refractivity contribution in [1.29, 1.82) is 0 Å². The van der Waals surface area contributed by atoms with E-state index in [1.807, 2.05) is 0 Å². The minimum absolute atomic E-state index is 0.0492. The molecule has 49 heavy (non-hydrogen) atoms. The summed E-state index contributed by atoms with van der Waals surface area (Å²) < 4.78 is 20.9. The van der Waals surface area contributed by atoms with Gasteiger partial charge in [0.2, 0.25) is 12.0 Å². The predicted molar refractivity (Wildman–Crippen MR) is 175 cm³/mol. The maximum absolute atomic E-state index is 15.4. The molecule has 2 heterocycles. The molecule has 3 amide bonds. The Balaban J connectivity index is 1.45. The van der Waals surface area contributed by atoms with Gasteiger partial charge in [-0.1, -0.05) is 60.7 Å². The minimum atomic E-state index is -1.67. The fraction of sp³-hybridized carbons (Fsp3) is 0.118. The van der Waals surface area contributed by atoms with Crippen LogP contribution in [0.1, 0.15) is 28.3 Å². The number of aliphatic carboxylic acids is 1. The predicted octanol–water partition coefficient (Wildman–Crippen LogP) is 4.05. The summed E-state index contributed by atoms with van der Waals surface area (Å²) in [6, 6.07) is 21.4. The first-order valence-electron chi connectivity index (χ1n) is 14.8. The molecule has 0 fully saturated rings. The van der Waals surface area contributed by atoms with Crippen LogP contribution in [0.4, 0.5) is 20.6 Å². The van der Waals surface area contributed by atoms with Gasteiger partial charge in [-0.25, -0.2) is 19.0 Å². The summed E-state index contributed by atoms with van der Waals surface area (Å²) in [5.41, 5.74) is 2.24. The number of hydrogen-bond acceptors (Lipinski definition) is 9. The molecule has 0 spiro atoms. The van der Waals surface area contributed by atoms with Crippen LogP contribution in [-0.4, -0.2) is 68.4 Å². The van der Waals surface area contributed by atoms with Gasteiger partial charge in [0.25, 0.3) is 5.91 Å². The Morgan fingerprint density at radius 3 is 2.55 bits per heavy atom. The number of carboxylic acid groups (broad SMARTS) is 1. The van der Waals surface area contributed by atoms with Crippen LogP contribution in [0.15, 0.2) is 96.0 Å². The van der Waals surface area contributed by atoms with Crippen molar-refractivity contribution in [3.8, 4) is 17.1 Å². The fourth-order valence-electron chi connectivity index (χ4n) is 5.48. The number of benzodiazepines with no additional fused rings is 1. The van der Waals surface area contributed by atoms with Gasteiger partial charge >= 0.3 is 12.0 Å². The molecule has 1 aromatic heterocycles. The highest BCUT2D eigenvalue weighted by atomic mass is 19.1. The largest absolute Gasteiger partial charge is 0.482 e. The molecule has 15 heteroatoms. The zero-order chi connectivity index (χ0) is 34.5. The molecule has 2 atom stereocenters. The zero-order valence-corrected chi connectivity index (χ0v) is 25.7. The van der Waals surface area contributed by atoms with Crippen LogP contribution < -0.4 is 20.3 Å². The number of carboxylic acids is 1. The summed E-state index contributed by atoms with van der Waals surface area (Å²) in [6.45, 7) is 1.01. The summed E-state index contributed by atoms with van der Waals surface area (Å²) in [4.78, 5) is 58.2. The topological polar surface area (TPSA) is 192 Å². The Bertz CT molecular complexity index is 2090. The number of aryl methyl sites for hydroxylation is 1. The van der Waals surface area contributed by atoms with Crippen molar-refractivity contribution in [2.75, 3.05) is 16.8 Å². The second-order valence-electron chi connectivity index (χ2n) is 10.8. The van der Waals surface area contributed by atoms with Crippen LogP contribution in [0.5, 0.6) is 5.75 Å². The Kier molecular flexibility index (Phi) is 9.14. The number of tetrazole rings is 1. The molecule has 246 valence electrons. The van der Waals surface area contributed by atoms with Gasteiger partial charge in [-0.2, -0.15) is 5.21 Å². The van der Waals surface area contributed by atoms with E-state index in [4.69, 9.17) is 4.74 Å². The van der Waals surface area contributed by atoms with Gasteiger partial charge in [0, 0.05) is 27.9 Å². The lowest BCUT2D eigenvalue weighted by Gasteiger charge is -2.32. The average Bonchev–Trinajstić information content (AvgIpc) is 3.61. The highest BCUT2D eigenvalue weighted by Gasteiger charge is 2.39. The smallest absolute Gasteiger partial charge is 0.341 e. The zero-order valence-electron chi connectivity index (χ0n) is 25.7. The van der Waals surface area contributed by atoms with Crippen LogP contribution >= 0.6 is 0 Å². The van der Waals surface area contributed by atoms with Gasteiger partial charge < -0.3 is 25.3 Å². The lowest BCUT2D eigenvalue weighted by atomic mass is 9.95. The number of rotatable bonds is 10. The van der Waals surface area contributed by atoms with Crippen molar-refractivity contribution in [2.45, 2.75) is 19.1 Å². The first-order chi connectivity index (χ1) is 23.7. The number of H-pyrrole nitrogens is 1. The first-order valence-corrected chi connectivity index (χ1v) is 14.8. The number of carbonyl (C=O) groups excluding carboxylic acids is 3. The van der Waals surface area contributed by atoms with Gasteiger partial charge in [0.05, 0.1) is 11.4 Å². The number of hydrogen-bond donors (Lipinski definition) is 4. The molecule has 0 radical (unpaired) electrons. The monoisotopic (exact) mass is 662 g/mol. The third-order valence-electron chi connectivity index (χ3n) is 7.58. The summed E-state index contributed by atoms with van der Waals surface area (Å²) >= 11 is 0. The van der Waals surface area contributed by atoms with Crippen LogP contribution in [0.2, 0.25) is 0 Å². The normalized spacial score (nSPS) is 14.6. The first kappa shape index (κ1) is 32.2. The van der Waals surface area contributed by atoms with E-state index in [1.54, 1.807) is 67.6 Å². The van der Waals surface area contributed by atoms with E-state index in [0.717, 1.165) is 0 Å². The van der Waals surface area contributed by atoms with E-state index in [-0.39, 0.29) is 28.3 Å². The molecule has 14 nitrogen and oxygen atoms in total. The van der Waals surface area contributed by atoms with Crippen molar-refractivity contribution in [3.63, 3.8) is 0 Å². The van der Waals surface area contributed by atoms with Gasteiger partial charge in [-0.3, -0.25) is 9.69 Å². The van der Waals surface area contributed by atoms with E-state index in [2.05, 4.69) is 36.3 Å². The molecule has 0 saturated carbocycles. The maximum atomic E-state index is 15.4. The van der Waals surface area contributed by atoms with E-state index in [0.29, 0.717) is 34.5 Å². The summed E-state index contributed by atoms with van der Waals surface area (Å²) in [5, 5.41) is 28.2. The number of nitrogens with one attached hydrogen (secondary N) is 3. The number of aldehydes is 1. The minimum Gasteiger partial charge on any atom is -0.482 e. The standard InChI is InChI=1S/C34H27FN8O6/c1-19-8-6-13-24-29(22-11-2-4-14-25(22)35)37-32(38-34(48)36-21-10-7-9-20(16-21)31-39-41-42-40-31)33(47)43(30(19)24)26(17-44)23-12-3-5-15-27(23)49-18-28(45)46/h2-17,26,32H,18H2,1H3,(H,45,46)(H2,36,38,48)(H,39,40,41,42)/t26?,32-/m0/s1. The molecular weight excluding hydrogens is 635 g/mol. The average molecular weight is 663 g/mol. The lowest BCUT2D eigenvalue weighted by Crippen LogP contribution is -2.50. The highest BCUT2D eigenvalue weighted by molar-refractivity contribution is 6.21. The van der Waals surface area contributed by atoms with Crippen molar-refractivity contribution in [1.82, 2.24) is 25.9 Å². The molecule has 4 N–H and O–H groups in total. The number of nitrogens with zero attached hydrogens (tertiary/aromatic N) is 5. The number of para-hydroxylation sites is 2. The molecule has 1 aliphatic rings. The third-order valence-corrected chi connectivity index (χ3v) is 7.58. The SMILES string of the molecule is Cc1cccc2c1N(C(C=O)c1ccccc1OCC(=O)O)C(=O)[C@H](NC(=O)Nc1cccc(-c3nn[nH]n3)c1)N=C2c1ccccc1F. The molecular formula is C34H27FN8O6. The second kappa shape index (κ2) is 13.9. The van der Waals surface area contributed by atoms with E-state index in [1.165, 1.54) is 35.2 Å². The van der Waals surface area contributed by atoms with E-state index >= 15 is 4.39 Å². The van der Waals surface area contributed by atoms with Crippen molar-refractivity contribution >= 4 is 41.3 Å². The molecule has 1 unspecified atom stereocenters. The summed E-state index contributed by atoms with van der Waals surface area (Å²) in [5.74, 6) is -2.37. The number of ether oxygens (including phenoxy) is 1. The van der Waals surface area contributed by atoms with Crippen molar-refractivity contribution in [2.24, 2.45) is 4.99 Å². The van der Waals surface area contributed by atoms with Gasteiger partial charge in [-0.05, 0) is 48.0 Å². The van der Waals surface area contributed by atoms with Gasteiger partial charge in [0.1, 0.15) is 23.9 Å². The number of aromatic nitrogens is 4. The number of urea groups is 1. The maximum Gasteiger partial charge on any atom is 0.341 e. The molecule has 1 aliphatic heterocycles. The number of aromatic amines is 1. The van der Waals surface area contributed by atoms with Crippen LogP contribution in [0, 0.1) is 12.7 Å². The second-order valence-corrected chi connectivity index (χ2v) is 10.8. The molecule has 6 rings (SSSR count). The highest BCUT2D eigenvalue weighted by Crippen LogP contribution is 2.39. The van der Waals surface area contributed by atoms with E-state index < -0.39 is 42.5 Å². The third kappa shape index (κ3) is 6.71. The van der Waals surface area contributed by atoms with Crippen LogP contribution in [0.3, 0.4) is 0 Å². The lowest BCUT2D eigenvalue weighted by molar-refractivity contribution is -0.139. The number of fused-ring (bicyclic) bond motifs is 1. The quantitative estimate of drug-likeness (QED) is 0.160. The fourth-order valence-corrected chi connectivity index (χ4v) is 5.48. The van der Waals surface area contributed by atoms with Crippen LogP contribution in [-0.2, 0) is 14.4 Å². The molecule has 0 saturated heterocycles. The number of benzene rings is 4. The van der Waals surface area contributed by atoms with E-state index in [9.17, 15) is 24.3 Å². The Hall–Kier alpha value is -6.77. The van der Waals surface area contributed by atoms with Gasteiger partial charge in [-0.15, -0.1) is 10.2 Å². The summed E-state index contributed by atoms with van der Waals surface area (Å²) in [7, 11) is 0.